The van der Waals surface area contributed by atoms with Crippen LogP contribution < -0.4 is 5.32 Å². The van der Waals surface area contributed by atoms with Gasteiger partial charge in [-0.2, -0.15) is 0 Å². The van der Waals surface area contributed by atoms with Gasteiger partial charge in [-0.15, -0.1) is 10.2 Å². The van der Waals surface area contributed by atoms with E-state index in [2.05, 4.69) is 27.0 Å². The second kappa shape index (κ2) is 5.36. The molecule has 0 saturated carbocycles. The van der Waals surface area contributed by atoms with Gasteiger partial charge in [-0.25, -0.2) is 8.42 Å². The summed E-state index contributed by atoms with van der Waals surface area (Å²) in [5.74, 6) is 2.21. The minimum Gasteiger partial charge on any atom is -0.315 e. The third kappa shape index (κ3) is 3.08. The lowest BCUT2D eigenvalue weighted by atomic mass is 10.2. The van der Waals surface area contributed by atoms with E-state index in [1.165, 1.54) is 0 Å². The van der Waals surface area contributed by atoms with Crippen LogP contribution in [0.15, 0.2) is 0 Å². The van der Waals surface area contributed by atoms with Crippen LogP contribution in [0.3, 0.4) is 0 Å². The predicted molar refractivity (Wildman–Crippen MR) is 69.2 cm³/mol. The van der Waals surface area contributed by atoms with Gasteiger partial charge in [0.1, 0.15) is 11.6 Å². The molecule has 0 amide bonds. The fraction of sp³-hybridized carbons (Fsp3) is 0.818. The lowest BCUT2D eigenvalue weighted by Gasteiger charge is -2.23. The minimum absolute atomic E-state index is 0.0389. The van der Waals surface area contributed by atoms with Crippen LogP contribution in [0.1, 0.15) is 25.0 Å². The van der Waals surface area contributed by atoms with E-state index in [-0.39, 0.29) is 17.5 Å². The molecule has 2 heterocycles. The van der Waals surface area contributed by atoms with Crippen LogP contribution in [0, 0.1) is 6.92 Å². The highest BCUT2D eigenvalue weighted by atomic mass is 32.2. The Balaban J connectivity index is 2.09. The zero-order chi connectivity index (χ0) is 13.2. The third-order valence-electron chi connectivity index (χ3n) is 3.19. The molecular formula is C11H20N4O2S. The molecule has 1 aliphatic rings. The largest absolute Gasteiger partial charge is 0.315 e. The summed E-state index contributed by atoms with van der Waals surface area (Å²) in [5.41, 5.74) is 0. The molecule has 0 bridgehead atoms. The second-order valence-corrected chi connectivity index (χ2v) is 7.01. The first-order chi connectivity index (χ1) is 8.52. The van der Waals surface area contributed by atoms with Crippen molar-refractivity contribution in [3.8, 4) is 0 Å². The summed E-state index contributed by atoms with van der Waals surface area (Å²) in [6.07, 6.45) is 1.64. The van der Waals surface area contributed by atoms with Gasteiger partial charge in [-0.3, -0.25) is 0 Å². The number of aromatic nitrogens is 3. The number of hydrogen-bond acceptors (Lipinski definition) is 5. The molecule has 7 heteroatoms. The van der Waals surface area contributed by atoms with E-state index >= 15 is 0 Å². The van der Waals surface area contributed by atoms with Gasteiger partial charge < -0.3 is 9.88 Å². The van der Waals surface area contributed by atoms with Gasteiger partial charge >= 0.3 is 0 Å². The van der Waals surface area contributed by atoms with Crippen molar-refractivity contribution in [3.63, 3.8) is 0 Å². The zero-order valence-electron chi connectivity index (χ0n) is 10.9. The highest BCUT2D eigenvalue weighted by Crippen LogP contribution is 2.09. The number of hydrogen-bond donors (Lipinski definition) is 1. The Bertz CT molecular complexity index is 509. The van der Waals surface area contributed by atoms with Gasteiger partial charge in [0.2, 0.25) is 0 Å². The molecule has 1 saturated heterocycles. The lowest BCUT2D eigenvalue weighted by molar-refractivity contribution is 0.496. The van der Waals surface area contributed by atoms with Gasteiger partial charge in [0, 0.05) is 25.6 Å². The predicted octanol–water partition coefficient (Wildman–Crippen LogP) is -0.0744. The van der Waals surface area contributed by atoms with Crippen molar-refractivity contribution in [1.29, 1.82) is 0 Å². The summed E-state index contributed by atoms with van der Waals surface area (Å²) in [5, 5.41) is 11.5. The molecule has 1 atom stereocenters. The first-order valence-corrected chi connectivity index (χ1v) is 8.16. The summed E-state index contributed by atoms with van der Waals surface area (Å²) in [6.45, 7) is 5.45. The quantitative estimate of drug-likeness (QED) is 0.830. The molecule has 0 aromatic carbocycles. The summed E-state index contributed by atoms with van der Waals surface area (Å²) in [6, 6.07) is -0.0389. The van der Waals surface area contributed by atoms with E-state index in [4.69, 9.17) is 0 Å². The van der Waals surface area contributed by atoms with Crippen LogP contribution in [0.2, 0.25) is 0 Å². The summed E-state index contributed by atoms with van der Waals surface area (Å²) in [4.78, 5) is 0. The lowest BCUT2D eigenvalue weighted by Crippen LogP contribution is -2.46. The molecule has 1 aliphatic heterocycles. The number of nitrogens with zero attached hydrogens (tertiary/aromatic N) is 3. The zero-order valence-corrected chi connectivity index (χ0v) is 11.7. The first-order valence-electron chi connectivity index (χ1n) is 6.34. The molecule has 0 radical (unpaired) electrons. The molecule has 18 heavy (non-hydrogen) atoms. The number of nitrogens with one attached hydrogen (secondary N) is 1. The van der Waals surface area contributed by atoms with Gasteiger partial charge in [-0.05, 0) is 13.3 Å². The van der Waals surface area contributed by atoms with E-state index in [0.29, 0.717) is 13.0 Å². The molecule has 1 unspecified atom stereocenters. The highest BCUT2D eigenvalue weighted by Gasteiger charge is 2.25. The Morgan fingerprint density at radius 3 is 2.89 bits per heavy atom. The van der Waals surface area contributed by atoms with Gasteiger partial charge in [0.05, 0.1) is 11.5 Å². The van der Waals surface area contributed by atoms with Crippen molar-refractivity contribution in [2.24, 2.45) is 0 Å². The fourth-order valence-electron chi connectivity index (χ4n) is 2.31. The van der Waals surface area contributed by atoms with Crippen molar-refractivity contribution in [2.45, 2.75) is 39.3 Å². The molecule has 1 aromatic rings. The Labute approximate surface area is 108 Å². The van der Waals surface area contributed by atoms with Crippen LogP contribution in [0.4, 0.5) is 0 Å². The van der Waals surface area contributed by atoms with Crippen LogP contribution in [-0.2, 0) is 22.8 Å². The van der Waals surface area contributed by atoms with Crippen molar-refractivity contribution in [1.82, 2.24) is 20.1 Å². The van der Waals surface area contributed by atoms with Crippen LogP contribution in [0.25, 0.3) is 0 Å². The van der Waals surface area contributed by atoms with E-state index in [0.717, 1.165) is 24.6 Å². The summed E-state index contributed by atoms with van der Waals surface area (Å²) < 4.78 is 25.2. The van der Waals surface area contributed by atoms with Crippen LogP contribution >= 0.6 is 0 Å². The standard InChI is InChI=1S/C11H20N4O2S/c1-3-5-15-9(2)13-14-11(15)7-10-8-18(16,17)6-4-12-10/h10,12H,3-8H2,1-2H3. The third-order valence-corrected chi connectivity index (χ3v) is 4.93. The molecular weight excluding hydrogens is 252 g/mol. The average Bonchev–Trinajstić information content (AvgIpc) is 2.61. The minimum atomic E-state index is -2.89. The molecule has 102 valence electrons. The van der Waals surface area contributed by atoms with Crippen LogP contribution in [0.5, 0.6) is 0 Å². The van der Waals surface area contributed by atoms with E-state index < -0.39 is 9.84 Å². The van der Waals surface area contributed by atoms with Crippen molar-refractivity contribution in [3.05, 3.63) is 11.6 Å². The smallest absolute Gasteiger partial charge is 0.153 e. The number of aryl methyl sites for hydroxylation is 1. The molecule has 1 N–H and O–H groups in total. The van der Waals surface area contributed by atoms with E-state index in [1.54, 1.807) is 0 Å². The van der Waals surface area contributed by atoms with Crippen molar-refractivity contribution >= 4 is 9.84 Å². The molecule has 2 rings (SSSR count). The van der Waals surface area contributed by atoms with E-state index in [9.17, 15) is 8.42 Å². The second-order valence-electron chi connectivity index (χ2n) is 4.78. The Morgan fingerprint density at radius 1 is 1.44 bits per heavy atom. The Kier molecular flexibility index (Phi) is 4.01. The SMILES string of the molecule is CCCn1c(C)nnc1CC1CS(=O)(=O)CCN1. The maximum Gasteiger partial charge on any atom is 0.153 e. The van der Waals surface area contributed by atoms with Gasteiger partial charge in [0.15, 0.2) is 9.84 Å². The fourth-order valence-corrected chi connectivity index (χ4v) is 3.75. The molecule has 1 fully saturated rings. The highest BCUT2D eigenvalue weighted by molar-refractivity contribution is 7.91. The van der Waals surface area contributed by atoms with E-state index in [1.807, 2.05) is 6.92 Å². The van der Waals surface area contributed by atoms with Crippen LogP contribution in [-0.4, -0.2) is 47.3 Å². The molecule has 6 nitrogen and oxygen atoms in total. The summed E-state index contributed by atoms with van der Waals surface area (Å²) >= 11 is 0. The maximum absolute atomic E-state index is 11.6. The van der Waals surface area contributed by atoms with Gasteiger partial charge in [0.25, 0.3) is 0 Å². The normalized spacial score (nSPS) is 23.1. The molecule has 1 aromatic heterocycles. The number of rotatable bonds is 4. The summed E-state index contributed by atoms with van der Waals surface area (Å²) in [7, 11) is -2.89. The van der Waals surface area contributed by atoms with Gasteiger partial charge in [-0.1, -0.05) is 6.92 Å². The van der Waals surface area contributed by atoms with Crippen molar-refractivity contribution < 1.29 is 8.42 Å². The maximum atomic E-state index is 11.6. The Morgan fingerprint density at radius 2 is 2.22 bits per heavy atom. The average molecular weight is 272 g/mol. The van der Waals surface area contributed by atoms with Crippen molar-refractivity contribution in [2.75, 3.05) is 18.1 Å². The first kappa shape index (κ1) is 13.5. The number of sulfone groups is 1. The Hall–Kier alpha value is -0.950. The topological polar surface area (TPSA) is 76.9 Å². The molecule has 0 spiro atoms. The molecule has 0 aliphatic carbocycles. The monoisotopic (exact) mass is 272 g/mol.